The molecule has 106 valence electrons. The number of aliphatic hydroxyl groups is 1. The molecule has 0 heterocycles. The second kappa shape index (κ2) is 4.95. The van der Waals surface area contributed by atoms with Crippen LogP contribution in [0.1, 0.15) is 44.4 Å². The van der Waals surface area contributed by atoms with Crippen molar-refractivity contribution in [2.45, 2.75) is 38.7 Å². The van der Waals surface area contributed by atoms with Gasteiger partial charge in [0, 0.05) is 5.41 Å². The smallest absolute Gasteiger partial charge is 0.115 e. The van der Waals surface area contributed by atoms with Crippen molar-refractivity contribution in [3.05, 3.63) is 65.2 Å². The average molecular weight is 270 g/mol. The van der Waals surface area contributed by atoms with E-state index in [4.69, 9.17) is 0 Å². The van der Waals surface area contributed by atoms with Crippen LogP contribution in [0.3, 0.4) is 0 Å². The van der Waals surface area contributed by atoms with Crippen LogP contribution in [0.15, 0.2) is 48.5 Å². The Kier molecular flexibility index (Phi) is 3.61. The molecule has 0 saturated carbocycles. The number of hydrogen-bond donors (Lipinski definition) is 2. The normalized spacial score (nSPS) is 12.4. The zero-order chi connectivity index (χ0) is 15.0. The largest absolute Gasteiger partial charge is 0.508 e. The molecule has 0 spiro atoms. The van der Waals surface area contributed by atoms with Gasteiger partial charge in [0.2, 0.25) is 0 Å². The van der Waals surface area contributed by atoms with Gasteiger partial charge in [0.25, 0.3) is 0 Å². The molecular weight excluding hydrogens is 248 g/mol. The van der Waals surface area contributed by atoms with Crippen LogP contribution in [-0.4, -0.2) is 10.2 Å². The van der Waals surface area contributed by atoms with E-state index in [2.05, 4.69) is 26.0 Å². The number of phenols is 1. The Labute approximate surface area is 120 Å². The fourth-order valence-electron chi connectivity index (χ4n) is 2.34. The third-order valence-electron chi connectivity index (χ3n) is 3.90. The fraction of sp³-hybridized carbons (Fsp3) is 0.333. The first-order chi connectivity index (χ1) is 9.21. The second-order valence-electron chi connectivity index (χ2n) is 6.31. The highest BCUT2D eigenvalue weighted by Crippen LogP contribution is 2.33. The third kappa shape index (κ3) is 2.86. The van der Waals surface area contributed by atoms with Crippen molar-refractivity contribution in [1.82, 2.24) is 0 Å². The first kappa shape index (κ1) is 14.6. The van der Waals surface area contributed by atoms with Crippen LogP contribution in [0.5, 0.6) is 5.75 Å². The van der Waals surface area contributed by atoms with E-state index in [1.807, 2.05) is 24.3 Å². The monoisotopic (exact) mass is 270 g/mol. The summed E-state index contributed by atoms with van der Waals surface area (Å²) in [6, 6.07) is 15.4. The quantitative estimate of drug-likeness (QED) is 0.886. The summed E-state index contributed by atoms with van der Waals surface area (Å²) in [6.45, 7) is 7.87. The van der Waals surface area contributed by atoms with Crippen LogP contribution in [0.2, 0.25) is 0 Å². The van der Waals surface area contributed by atoms with Gasteiger partial charge in [-0.15, -0.1) is 0 Å². The lowest BCUT2D eigenvalue weighted by Crippen LogP contribution is -2.20. The minimum Gasteiger partial charge on any atom is -0.508 e. The standard InChI is InChI=1S/C18H22O2/c1-17(2,14-9-11-16(19)12-10-14)13-5-7-15(8-6-13)18(3,4)20/h5-12,19-20H,1-4H3. The summed E-state index contributed by atoms with van der Waals surface area (Å²) in [5, 5.41) is 19.4. The summed E-state index contributed by atoms with van der Waals surface area (Å²) in [5.41, 5.74) is 2.26. The zero-order valence-corrected chi connectivity index (χ0v) is 12.5. The van der Waals surface area contributed by atoms with Gasteiger partial charge in [0.05, 0.1) is 5.60 Å². The SMILES string of the molecule is CC(C)(O)c1ccc(C(C)(C)c2ccc(O)cc2)cc1. The molecule has 2 aromatic rings. The molecule has 0 aromatic heterocycles. The third-order valence-corrected chi connectivity index (χ3v) is 3.90. The van der Waals surface area contributed by atoms with Crippen molar-refractivity contribution in [3.8, 4) is 5.75 Å². The Morgan fingerprint density at radius 2 is 1.00 bits per heavy atom. The van der Waals surface area contributed by atoms with E-state index in [1.54, 1.807) is 26.0 Å². The van der Waals surface area contributed by atoms with E-state index in [0.29, 0.717) is 0 Å². The molecule has 0 unspecified atom stereocenters. The Morgan fingerprint density at radius 3 is 1.40 bits per heavy atom. The van der Waals surface area contributed by atoms with E-state index in [1.165, 1.54) is 5.56 Å². The summed E-state index contributed by atoms with van der Waals surface area (Å²) < 4.78 is 0. The van der Waals surface area contributed by atoms with Gasteiger partial charge in [-0.2, -0.15) is 0 Å². The molecule has 0 bridgehead atoms. The first-order valence-corrected chi connectivity index (χ1v) is 6.84. The van der Waals surface area contributed by atoms with Crippen molar-refractivity contribution < 1.29 is 10.2 Å². The number of benzene rings is 2. The minimum atomic E-state index is -0.818. The average Bonchev–Trinajstić information content (AvgIpc) is 2.38. The number of hydrogen-bond acceptors (Lipinski definition) is 2. The van der Waals surface area contributed by atoms with Gasteiger partial charge in [-0.25, -0.2) is 0 Å². The molecule has 0 amide bonds. The van der Waals surface area contributed by atoms with Crippen LogP contribution in [0.25, 0.3) is 0 Å². The number of phenolic OH excluding ortho intramolecular Hbond substituents is 1. The molecule has 0 aliphatic heterocycles. The predicted molar refractivity (Wildman–Crippen MR) is 81.9 cm³/mol. The lowest BCUT2D eigenvalue weighted by atomic mass is 9.77. The van der Waals surface area contributed by atoms with Crippen LogP contribution < -0.4 is 0 Å². The number of rotatable bonds is 3. The van der Waals surface area contributed by atoms with E-state index in [-0.39, 0.29) is 11.2 Å². The topological polar surface area (TPSA) is 40.5 Å². The Balaban J connectivity index is 2.37. The fourth-order valence-corrected chi connectivity index (χ4v) is 2.34. The Bertz CT molecular complexity index is 572. The van der Waals surface area contributed by atoms with Gasteiger partial charge >= 0.3 is 0 Å². The van der Waals surface area contributed by atoms with Crippen molar-refractivity contribution in [2.24, 2.45) is 0 Å². The number of aromatic hydroxyl groups is 1. The molecule has 20 heavy (non-hydrogen) atoms. The van der Waals surface area contributed by atoms with Crippen LogP contribution in [0, 0.1) is 0 Å². The van der Waals surface area contributed by atoms with Gasteiger partial charge in [-0.3, -0.25) is 0 Å². The highest BCUT2D eigenvalue weighted by Gasteiger charge is 2.24. The van der Waals surface area contributed by atoms with E-state index in [0.717, 1.165) is 11.1 Å². The van der Waals surface area contributed by atoms with Crippen molar-refractivity contribution >= 4 is 0 Å². The van der Waals surface area contributed by atoms with E-state index < -0.39 is 5.60 Å². The Hall–Kier alpha value is -1.80. The molecule has 0 aliphatic carbocycles. The minimum absolute atomic E-state index is 0.147. The maximum atomic E-state index is 10.0. The second-order valence-corrected chi connectivity index (χ2v) is 6.31. The lowest BCUT2D eigenvalue weighted by Gasteiger charge is -2.27. The highest BCUT2D eigenvalue weighted by molar-refractivity contribution is 5.41. The van der Waals surface area contributed by atoms with Gasteiger partial charge in [0.15, 0.2) is 0 Å². The molecule has 2 aromatic carbocycles. The van der Waals surface area contributed by atoms with Gasteiger partial charge < -0.3 is 10.2 Å². The highest BCUT2D eigenvalue weighted by atomic mass is 16.3. The molecule has 0 atom stereocenters. The van der Waals surface area contributed by atoms with Gasteiger partial charge in [-0.05, 0) is 42.7 Å². The summed E-state index contributed by atoms with van der Waals surface area (Å²) in [7, 11) is 0. The van der Waals surface area contributed by atoms with Crippen molar-refractivity contribution in [3.63, 3.8) is 0 Å². The Morgan fingerprint density at radius 1 is 0.650 bits per heavy atom. The predicted octanol–water partition coefficient (Wildman–Crippen LogP) is 3.95. The van der Waals surface area contributed by atoms with Gasteiger partial charge in [-0.1, -0.05) is 50.2 Å². The van der Waals surface area contributed by atoms with Crippen LogP contribution in [-0.2, 0) is 11.0 Å². The molecule has 0 radical (unpaired) electrons. The van der Waals surface area contributed by atoms with Crippen molar-refractivity contribution in [1.29, 1.82) is 0 Å². The van der Waals surface area contributed by atoms with Crippen LogP contribution in [0.4, 0.5) is 0 Å². The summed E-state index contributed by atoms with van der Waals surface area (Å²) >= 11 is 0. The molecular formula is C18H22O2. The van der Waals surface area contributed by atoms with E-state index >= 15 is 0 Å². The maximum absolute atomic E-state index is 10.0. The molecule has 2 rings (SSSR count). The van der Waals surface area contributed by atoms with Crippen molar-refractivity contribution in [2.75, 3.05) is 0 Å². The summed E-state index contributed by atoms with van der Waals surface area (Å²) in [5.74, 6) is 0.280. The molecule has 2 nitrogen and oxygen atoms in total. The van der Waals surface area contributed by atoms with Crippen LogP contribution >= 0.6 is 0 Å². The molecule has 0 aliphatic rings. The zero-order valence-electron chi connectivity index (χ0n) is 12.5. The molecule has 2 N–H and O–H groups in total. The summed E-state index contributed by atoms with van der Waals surface area (Å²) in [4.78, 5) is 0. The van der Waals surface area contributed by atoms with E-state index in [9.17, 15) is 10.2 Å². The lowest BCUT2D eigenvalue weighted by molar-refractivity contribution is 0.0785. The molecule has 0 saturated heterocycles. The summed E-state index contributed by atoms with van der Waals surface area (Å²) in [6.07, 6.45) is 0. The van der Waals surface area contributed by atoms with Gasteiger partial charge in [0.1, 0.15) is 5.75 Å². The first-order valence-electron chi connectivity index (χ1n) is 6.84. The maximum Gasteiger partial charge on any atom is 0.115 e. The molecule has 2 heteroatoms. The molecule has 0 fully saturated rings.